The van der Waals surface area contributed by atoms with E-state index < -0.39 is 0 Å². The van der Waals surface area contributed by atoms with Gasteiger partial charge < -0.3 is 15.4 Å². The summed E-state index contributed by atoms with van der Waals surface area (Å²) in [6, 6.07) is 6.71. The molecule has 1 unspecified atom stereocenters. The Balaban J connectivity index is 2.05. The van der Waals surface area contributed by atoms with Crippen LogP contribution in [0, 0.1) is 0 Å². The van der Waals surface area contributed by atoms with Crippen molar-refractivity contribution in [3.8, 4) is 5.75 Å². The molecule has 0 fully saturated rings. The number of hydrogen-bond acceptors (Lipinski definition) is 3. The zero-order chi connectivity index (χ0) is 13.0. The smallest absolute Gasteiger partial charge is 0.122 e. The fraction of sp³-hybridized carbons (Fsp3) is 0.600. The lowest BCUT2D eigenvalue weighted by Crippen LogP contribution is -2.40. The van der Waals surface area contributed by atoms with Gasteiger partial charge >= 0.3 is 0 Å². The number of aryl methyl sites for hydroxylation is 1. The van der Waals surface area contributed by atoms with Crippen LogP contribution in [0.3, 0.4) is 0 Å². The van der Waals surface area contributed by atoms with Crippen molar-refractivity contribution in [2.24, 2.45) is 5.73 Å². The minimum absolute atomic E-state index is 0.282. The SMILES string of the molecule is CN(C)C(CN)COc1cccc2c1CCCC2. The van der Waals surface area contributed by atoms with E-state index >= 15 is 0 Å². The second kappa shape index (κ2) is 6.21. The quantitative estimate of drug-likeness (QED) is 0.864. The van der Waals surface area contributed by atoms with Crippen LogP contribution in [-0.4, -0.2) is 38.2 Å². The van der Waals surface area contributed by atoms with Crippen LogP contribution in [0.15, 0.2) is 18.2 Å². The van der Waals surface area contributed by atoms with Gasteiger partial charge in [-0.3, -0.25) is 0 Å². The van der Waals surface area contributed by atoms with Gasteiger partial charge in [0, 0.05) is 6.54 Å². The van der Waals surface area contributed by atoms with Crippen molar-refractivity contribution in [1.82, 2.24) is 4.90 Å². The maximum absolute atomic E-state index is 6.00. The number of hydrogen-bond donors (Lipinski definition) is 1. The Labute approximate surface area is 110 Å². The number of nitrogens with zero attached hydrogens (tertiary/aromatic N) is 1. The molecule has 0 saturated heterocycles. The molecule has 2 N–H and O–H groups in total. The van der Waals surface area contributed by atoms with Crippen molar-refractivity contribution >= 4 is 0 Å². The Hall–Kier alpha value is -1.06. The fourth-order valence-corrected chi connectivity index (χ4v) is 2.50. The standard InChI is InChI=1S/C15H24N2O/c1-17(2)13(10-16)11-18-15-9-5-7-12-6-3-4-8-14(12)15/h5,7,9,13H,3-4,6,8,10-11,16H2,1-2H3. The molecule has 0 aliphatic heterocycles. The van der Waals surface area contributed by atoms with Crippen molar-refractivity contribution in [3.63, 3.8) is 0 Å². The molecule has 0 saturated carbocycles. The molecule has 0 aromatic heterocycles. The van der Waals surface area contributed by atoms with Gasteiger partial charge in [-0.1, -0.05) is 12.1 Å². The fourth-order valence-electron chi connectivity index (χ4n) is 2.50. The predicted octanol–water partition coefficient (Wildman–Crippen LogP) is 1.83. The lowest BCUT2D eigenvalue weighted by atomic mass is 9.91. The van der Waals surface area contributed by atoms with Crippen molar-refractivity contribution in [2.45, 2.75) is 31.7 Å². The Kier molecular flexibility index (Phi) is 4.61. The predicted molar refractivity (Wildman–Crippen MR) is 75.1 cm³/mol. The van der Waals surface area contributed by atoms with Crippen LogP contribution in [0.25, 0.3) is 0 Å². The van der Waals surface area contributed by atoms with Crippen LogP contribution >= 0.6 is 0 Å². The molecule has 0 spiro atoms. The minimum Gasteiger partial charge on any atom is -0.492 e. The zero-order valence-electron chi connectivity index (χ0n) is 11.5. The molecule has 0 heterocycles. The number of nitrogens with two attached hydrogens (primary N) is 1. The first-order valence-electron chi connectivity index (χ1n) is 6.82. The molecule has 1 atom stereocenters. The first kappa shape index (κ1) is 13.4. The Morgan fingerprint density at radius 2 is 2.06 bits per heavy atom. The average molecular weight is 248 g/mol. The van der Waals surface area contributed by atoms with Crippen molar-refractivity contribution in [2.75, 3.05) is 27.2 Å². The Morgan fingerprint density at radius 1 is 1.28 bits per heavy atom. The highest BCUT2D eigenvalue weighted by Gasteiger charge is 2.15. The second-order valence-corrected chi connectivity index (χ2v) is 5.27. The molecule has 1 aliphatic rings. The normalized spacial score (nSPS) is 16.4. The summed E-state index contributed by atoms with van der Waals surface area (Å²) in [6.45, 7) is 1.29. The number of benzene rings is 1. The molecule has 1 aromatic carbocycles. The van der Waals surface area contributed by atoms with E-state index in [9.17, 15) is 0 Å². The molecular weight excluding hydrogens is 224 g/mol. The zero-order valence-corrected chi connectivity index (χ0v) is 11.5. The van der Waals surface area contributed by atoms with E-state index in [-0.39, 0.29) is 6.04 Å². The average Bonchev–Trinajstić information content (AvgIpc) is 2.39. The van der Waals surface area contributed by atoms with Crippen LogP contribution in [0.2, 0.25) is 0 Å². The number of ether oxygens (including phenoxy) is 1. The van der Waals surface area contributed by atoms with Gasteiger partial charge in [0.15, 0.2) is 0 Å². The van der Waals surface area contributed by atoms with Crippen molar-refractivity contribution < 1.29 is 4.74 Å². The van der Waals surface area contributed by atoms with Crippen LogP contribution < -0.4 is 10.5 Å². The molecular formula is C15H24N2O. The maximum Gasteiger partial charge on any atom is 0.122 e. The molecule has 18 heavy (non-hydrogen) atoms. The minimum atomic E-state index is 0.282. The van der Waals surface area contributed by atoms with Gasteiger partial charge in [-0.2, -0.15) is 0 Å². The summed E-state index contributed by atoms with van der Waals surface area (Å²) in [5.41, 5.74) is 8.63. The third-order valence-electron chi connectivity index (χ3n) is 3.79. The molecule has 3 nitrogen and oxygen atoms in total. The van der Waals surface area contributed by atoms with Crippen molar-refractivity contribution in [3.05, 3.63) is 29.3 Å². The highest BCUT2D eigenvalue weighted by atomic mass is 16.5. The van der Waals surface area contributed by atoms with E-state index in [1.807, 2.05) is 14.1 Å². The highest BCUT2D eigenvalue weighted by molar-refractivity contribution is 5.41. The first-order valence-corrected chi connectivity index (χ1v) is 6.82. The lowest BCUT2D eigenvalue weighted by molar-refractivity contribution is 0.188. The van der Waals surface area contributed by atoms with Crippen molar-refractivity contribution in [1.29, 1.82) is 0 Å². The topological polar surface area (TPSA) is 38.5 Å². The van der Waals surface area contributed by atoms with E-state index in [4.69, 9.17) is 10.5 Å². The van der Waals surface area contributed by atoms with Gasteiger partial charge in [0.25, 0.3) is 0 Å². The molecule has 1 aromatic rings. The molecule has 0 radical (unpaired) electrons. The second-order valence-electron chi connectivity index (χ2n) is 5.27. The first-order chi connectivity index (χ1) is 8.72. The summed E-state index contributed by atoms with van der Waals surface area (Å²) in [7, 11) is 4.09. The summed E-state index contributed by atoms with van der Waals surface area (Å²) < 4.78 is 6.00. The largest absolute Gasteiger partial charge is 0.492 e. The molecule has 3 heteroatoms. The summed E-state index contributed by atoms with van der Waals surface area (Å²) in [4.78, 5) is 2.12. The van der Waals surface area contributed by atoms with Crippen LogP contribution in [0.4, 0.5) is 0 Å². The highest BCUT2D eigenvalue weighted by Crippen LogP contribution is 2.29. The Morgan fingerprint density at radius 3 is 2.78 bits per heavy atom. The van der Waals surface area contributed by atoms with Gasteiger partial charge in [0.2, 0.25) is 0 Å². The van der Waals surface area contributed by atoms with Gasteiger partial charge in [0.1, 0.15) is 12.4 Å². The third-order valence-corrected chi connectivity index (χ3v) is 3.79. The lowest BCUT2D eigenvalue weighted by Gasteiger charge is -2.25. The van der Waals surface area contributed by atoms with Gasteiger partial charge in [-0.25, -0.2) is 0 Å². The van der Waals surface area contributed by atoms with E-state index in [0.29, 0.717) is 13.2 Å². The van der Waals surface area contributed by atoms with Gasteiger partial charge in [-0.05, 0) is 57.0 Å². The molecule has 1 aliphatic carbocycles. The van der Waals surface area contributed by atoms with Crippen LogP contribution in [-0.2, 0) is 12.8 Å². The maximum atomic E-state index is 6.00. The molecule has 0 bridgehead atoms. The summed E-state index contributed by atoms with van der Waals surface area (Å²) in [6.07, 6.45) is 4.93. The van der Waals surface area contributed by atoms with Gasteiger partial charge in [0.05, 0.1) is 6.04 Å². The number of rotatable bonds is 5. The summed E-state index contributed by atoms with van der Waals surface area (Å²) in [5.74, 6) is 1.06. The van der Waals surface area contributed by atoms with Crippen LogP contribution in [0.1, 0.15) is 24.0 Å². The monoisotopic (exact) mass is 248 g/mol. The summed E-state index contributed by atoms with van der Waals surface area (Å²) >= 11 is 0. The van der Waals surface area contributed by atoms with E-state index in [0.717, 1.165) is 12.2 Å². The van der Waals surface area contributed by atoms with Crippen LogP contribution in [0.5, 0.6) is 5.75 Å². The number of fused-ring (bicyclic) bond motifs is 1. The van der Waals surface area contributed by atoms with E-state index in [2.05, 4.69) is 23.1 Å². The van der Waals surface area contributed by atoms with E-state index in [1.54, 1.807) is 0 Å². The van der Waals surface area contributed by atoms with Gasteiger partial charge in [-0.15, -0.1) is 0 Å². The Bertz CT molecular complexity index is 390. The number of likely N-dealkylation sites (N-methyl/N-ethyl adjacent to an activating group) is 1. The molecule has 2 rings (SSSR count). The summed E-state index contributed by atoms with van der Waals surface area (Å²) in [5, 5.41) is 0. The molecule has 0 amide bonds. The third kappa shape index (κ3) is 3.03. The molecule has 100 valence electrons. The van der Waals surface area contributed by atoms with E-state index in [1.165, 1.54) is 30.4 Å².